The maximum absolute atomic E-state index is 11.4. The van der Waals surface area contributed by atoms with Crippen LogP contribution in [0.15, 0.2) is 10.2 Å². The lowest BCUT2D eigenvalue weighted by Crippen LogP contribution is -2.33. The van der Waals surface area contributed by atoms with E-state index < -0.39 is 5.66 Å². The number of nitrogens with zero attached hydrogens (tertiary/aromatic N) is 2. The molecule has 0 fully saturated rings. The van der Waals surface area contributed by atoms with Crippen molar-refractivity contribution in [3.8, 4) is 12.3 Å². The van der Waals surface area contributed by atoms with Crippen molar-refractivity contribution in [2.75, 3.05) is 0 Å². The first-order chi connectivity index (χ1) is 6.58. The first kappa shape index (κ1) is 10.7. The van der Waals surface area contributed by atoms with Gasteiger partial charge in [-0.3, -0.25) is 4.79 Å². The fourth-order valence-corrected chi connectivity index (χ4v) is 1.23. The number of nitrogens with one attached hydrogen (secondary N) is 1. The van der Waals surface area contributed by atoms with E-state index in [2.05, 4.69) is 21.5 Å². The largest absolute Gasteiger partial charge is 0.354 e. The summed E-state index contributed by atoms with van der Waals surface area (Å²) in [5.41, 5.74) is -0.495. The van der Waals surface area contributed by atoms with E-state index >= 15 is 0 Å². The van der Waals surface area contributed by atoms with E-state index in [0.29, 0.717) is 19.3 Å². The van der Waals surface area contributed by atoms with E-state index in [1.807, 2.05) is 13.8 Å². The molecule has 1 amide bonds. The second kappa shape index (κ2) is 4.23. The topological polar surface area (TPSA) is 53.8 Å². The molecule has 1 aliphatic rings. The molecule has 0 aromatic heterocycles. The normalized spacial score (nSPS) is 16.4. The molecule has 0 atom stereocenters. The van der Waals surface area contributed by atoms with Crippen LogP contribution in [0.5, 0.6) is 0 Å². The molecular formula is C10H15N3O. The van der Waals surface area contributed by atoms with Crippen LogP contribution in [0, 0.1) is 12.3 Å². The zero-order chi connectivity index (χ0) is 10.6. The summed E-state index contributed by atoms with van der Waals surface area (Å²) < 4.78 is 0. The lowest BCUT2D eigenvalue weighted by atomic mass is 10.0. The van der Waals surface area contributed by atoms with Gasteiger partial charge in [-0.25, -0.2) is 0 Å². The van der Waals surface area contributed by atoms with Gasteiger partial charge in [-0.1, -0.05) is 0 Å². The molecule has 76 valence electrons. The Kier molecular flexibility index (Phi) is 3.23. The third-order valence-electron chi connectivity index (χ3n) is 1.95. The SMILES string of the molecule is C#CCCC1(CC(=O)NC(C)C)N=N1. The average Bonchev–Trinajstić information content (AvgIpc) is 2.80. The van der Waals surface area contributed by atoms with Crippen molar-refractivity contribution in [2.45, 2.75) is 44.8 Å². The molecule has 0 spiro atoms. The van der Waals surface area contributed by atoms with Crippen molar-refractivity contribution in [1.29, 1.82) is 0 Å². The van der Waals surface area contributed by atoms with E-state index in [0.717, 1.165) is 0 Å². The zero-order valence-electron chi connectivity index (χ0n) is 8.58. The fourth-order valence-electron chi connectivity index (χ4n) is 1.23. The lowest BCUT2D eigenvalue weighted by Gasteiger charge is -2.11. The molecule has 1 N–H and O–H groups in total. The summed E-state index contributed by atoms with van der Waals surface area (Å²) in [4.78, 5) is 11.4. The molecule has 4 heteroatoms. The van der Waals surface area contributed by atoms with Gasteiger partial charge in [0.05, 0.1) is 6.42 Å². The summed E-state index contributed by atoms with van der Waals surface area (Å²) in [5, 5.41) is 10.6. The molecule has 0 saturated carbocycles. The molecule has 1 rings (SSSR count). The van der Waals surface area contributed by atoms with Crippen LogP contribution in [-0.4, -0.2) is 17.6 Å². The van der Waals surface area contributed by atoms with Crippen molar-refractivity contribution in [3.63, 3.8) is 0 Å². The summed E-state index contributed by atoms with van der Waals surface area (Å²) in [5.74, 6) is 2.51. The van der Waals surface area contributed by atoms with Gasteiger partial charge in [0.1, 0.15) is 0 Å². The van der Waals surface area contributed by atoms with Crippen LogP contribution in [-0.2, 0) is 4.79 Å². The highest BCUT2D eigenvalue weighted by Gasteiger charge is 2.41. The summed E-state index contributed by atoms with van der Waals surface area (Å²) in [6.45, 7) is 3.85. The monoisotopic (exact) mass is 193 g/mol. The first-order valence-corrected chi connectivity index (χ1v) is 4.75. The predicted octanol–water partition coefficient (Wildman–Crippen LogP) is 1.48. The van der Waals surface area contributed by atoms with Gasteiger partial charge in [0.25, 0.3) is 0 Å². The minimum Gasteiger partial charge on any atom is -0.354 e. The molecule has 1 heterocycles. The Hall–Kier alpha value is -1.37. The number of hydrogen-bond acceptors (Lipinski definition) is 3. The van der Waals surface area contributed by atoms with Gasteiger partial charge in [0.15, 0.2) is 0 Å². The summed E-state index contributed by atoms with van der Waals surface area (Å²) >= 11 is 0. The highest BCUT2D eigenvalue weighted by Crippen LogP contribution is 2.36. The molecule has 4 nitrogen and oxygen atoms in total. The minimum absolute atomic E-state index is 0.0120. The van der Waals surface area contributed by atoms with Gasteiger partial charge in [0.2, 0.25) is 11.6 Å². The van der Waals surface area contributed by atoms with Gasteiger partial charge in [-0.2, -0.15) is 10.2 Å². The Morgan fingerprint density at radius 2 is 2.21 bits per heavy atom. The average molecular weight is 193 g/mol. The molecule has 1 aliphatic heterocycles. The van der Waals surface area contributed by atoms with E-state index in [9.17, 15) is 4.79 Å². The van der Waals surface area contributed by atoms with Crippen LogP contribution in [0.2, 0.25) is 0 Å². The Balaban J connectivity index is 2.30. The van der Waals surface area contributed by atoms with E-state index in [1.54, 1.807) is 0 Å². The zero-order valence-corrected chi connectivity index (χ0v) is 8.58. The van der Waals surface area contributed by atoms with Gasteiger partial charge < -0.3 is 5.32 Å². The lowest BCUT2D eigenvalue weighted by molar-refractivity contribution is -0.122. The van der Waals surface area contributed by atoms with Crippen molar-refractivity contribution >= 4 is 5.91 Å². The molecule has 0 saturated heterocycles. The number of amides is 1. The third kappa shape index (κ3) is 3.17. The van der Waals surface area contributed by atoms with E-state index in [1.165, 1.54) is 0 Å². The van der Waals surface area contributed by atoms with Crippen molar-refractivity contribution < 1.29 is 4.79 Å². The number of terminal acetylenes is 1. The van der Waals surface area contributed by atoms with Gasteiger partial charge in [-0.05, 0) is 13.8 Å². The summed E-state index contributed by atoms with van der Waals surface area (Å²) in [7, 11) is 0. The molecule has 0 radical (unpaired) electrons. The van der Waals surface area contributed by atoms with E-state index in [-0.39, 0.29) is 11.9 Å². The van der Waals surface area contributed by atoms with Crippen molar-refractivity contribution in [1.82, 2.24) is 5.32 Å². The number of hydrogen-bond donors (Lipinski definition) is 1. The molecule has 14 heavy (non-hydrogen) atoms. The smallest absolute Gasteiger partial charge is 0.224 e. The molecule has 0 unspecified atom stereocenters. The van der Waals surface area contributed by atoms with Crippen LogP contribution < -0.4 is 5.32 Å². The summed E-state index contributed by atoms with van der Waals surface area (Å²) in [6, 6.07) is 0.158. The highest BCUT2D eigenvalue weighted by atomic mass is 16.1. The third-order valence-corrected chi connectivity index (χ3v) is 1.95. The Labute approximate surface area is 84.2 Å². The predicted molar refractivity (Wildman–Crippen MR) is 53.5 cm³/mol. The van der Waals surface area contributed by atoms with Crippen molar-refractivity contribution in [2.24, 2.45) is 10.2 Å². The number of carbonyl (C=O) groups excluding carboxylic acids is 1. The molecule has 0 aliphatic carbocycles. The van der Waals surface area contributed by atoms with Crippen LogP contribution in [0.1, 0.15) is 33.1 Å². The van der Waals surface area contributed by atoms with Crippen molar-refractivity contribution in [3.05, 3.63) is 0 Å². The van der Waals surface area contributed by atoms with Gasteiger partial charge in [0, 0.05) is 18.9 Å². The molecule has 0 bridgehead atoms. The van der Waals surface area contributed by atoms with Crippen LogP contribution >= 0.6 is 0 Å². The Bertz CT molecular complexity index is 282. The van der Waals surface area contributed by atoms with Crippen LogP contribution in [0.4, 0.5) is 0 Å². The minimum atomic E-state index is -0.495. The number of rotatable bonds is 5. The fraction of sp³-hybridized carbons (Fsp3) is 0.700. The maximum atomic E-state index is 11.4. The molecular weight excluding hydrogens is 178 g/mol. The van der Waals surface area contributed by atoms with E-state index in [4.69, 9.17) is 6.42 Å². The van der Waals surface area contributed by atoms with Crippen LogP contribution in [0.3, 0.4) is 0 Å². The maximum Gasteiger partial charge on any atom is 0.224 e. The number of carbonyl (C=O) groups is 1. The van der Waals surface area contributed by atoms with Gasteiger partial charge >= 0.3 is 0 Å². The first-order valence-electron chi connectivity index (χ1n) is 4.75. The second-order valence-corrected chi connectivity index (χ2v) is 3.79. The Morgan fingerprint density at radius 3 is 2.64 bits per heavy atom. The second-order valence-electron chi connectivity index (χ2n) is 3.79. The molecule has 0 aromatic carbocycles. The standard InChI is InChI=1S/C10H15N3O/c1-4-5-6-10(12-13-10)7-9(14)11-8(2)3/h1,8H,5-7H2,2-3H3,(H,11,14). The quantitative estimate of drug-likeness (QED) is 0.660. The highest BCUT2D eigenvalue weighted by molar-refractivity contribution is 5.77. The van der Waals surface area contributed by atoms with Gasteiger partial charge in [-0.15, -0.1) is 12.3 Å². The molecule has 0 aromatic rings. The summed E-state index contributed by atoms with van der Waals surface area (Å²) in [6.07, 6.45) is 6.76. The Morgan fingerprint density at radius 1 is 1.57 bits per heavy atom. The van der Waals surface area contributed by atoms with Crippen LogP contribution in [0.25, 0.3) is 0 Å².